The third kappa shape index (κ3) is 2.67. The summed E-state index contributed by atoms with van der Waals surface area (Å²) in [6.07, 6.45) is 0. The van der Waals surface area contributed by atoms with E-state index in [2.05, 4.69) is 5.32 Å². The Morgan fingerprint density at radius 2 is 1.91 bits per heavy atom. The van der Waals surface area contributed by atoms with E-state index in [1.807, 2.05) is 44.2 Å². The maximum atomic E-state index is 12.2. The molecule has 5 heteroatoms. The summed E-state index contributed by atoms with van der Waals surface area (Å²) >= 11 is 1.20. The van der Waals surface area contributed by atoms with Crippen LogP contribution < -0.4 is 10.2 Å². The largest absolute Gasteiger partial charge is 0.322 e. The highest BCUT2D eigenvalue weighted by Crippen LogP contribution is 2.22. The minimum Gasteiger partial charge on any atom is -0.322 e. The van der Waals surface area contributed by atoms with Gasteiger partial charge in [-0.05, 0) is 44.2 Å². The molecule has 1 heterocycles. The van der Waals surface area contributed by atoms with Gasteiger partial charge in [0, 0.05) is 17.8 Å². The molecule has 22 heavy (non-hydrogen) atoms. The Morgan fingerprint density at radius 1 is 1.18 bits per heavy atom. The van der Waals surface area contributed by atoms with Crippen LogP contribution in [0.3, 0.4) is 0 Å². The molecule has 1 N–H and O–H groups in total. The first-order valence-corrected chi connectivity index (χ1v) is 7.91. The quantitative estimate of drug-likeness (QED) is 0.802. The van der Waals surface area contributed by atoms with Gasteiger partial charge in [0.2, 0.25) is 0 Å². The van der Waals surface area contributed by atoms with Gasteiger partial charge in [0.25, 0.3) is 5.91 Å². The Labute approximate surface area is 132 Å². The fourth-order valence-electron chi connectivity index (χ4n) is 2.35. The SMILES string of the molecule is CCn1c(=O)sc2cc(NC(=O)c3ccc(C)cc3)ccc21. The second kappa shape index (κ2) is 5.77. The number of nitrogens with one attached hydrogen (secondary N) is 1. The molecule has 0 unspecified atom stereocenters. The normalized spacial score (nSPS) is 10.8. The van der Waals surface area contributed by atoms with Gasteiger partial charge in [-0.1, -0.05) is 29.0 Å². The number of rotatable bonds is 3. The summed E-state index contributed by atoms with van der Waals surface area (Å²) in [5.41, 5.74) is 3.34. The van der Waals surface area contributed by atoms with Gasteiger partial charge >= 0.3 is 4.87 Å². The molecule has 4 nitrogen and oxygen atoms in total. The molecule has 0 saturated carbocycles. The predicted octanol–water partition coefficient (Wildman–Crippen LogP) is 3.64. The molecule has 0 aliphatic carbocycles. The number of aromatic nitrogens is 1. The number of carbonyl (C=O) groups is 1. The van der Waals surface area contributed by atoms with Gasteiger partial charge in [0.1, 0.15) is 0 Å². The molecule has 2 aromatic carbocycles. The third-order valence-electron chi connectivity index (χ3n) is 3.56. The van der Waals surface area contributed by atoms with Crippen LogP contribution in [0.25, 0.3) is 10.2 Å². The average Bonchev–Trinajstić information content (AvgIpc) is 2.82. The summed E-state index contributed by atoms with van der Waals surface area (Å²) in [6, 6.07) is 13.0. The van der Waals surface area contributed by atoms with E-state index in [1.165, 1.54) is 11.3 Å². The number of hydrogen-bond acceptors (Lipinski definition) is 3. The molecule has 3 rings (SSSR count). The number of anilines is 1. The van der Waals surface area contributed by atoms with Crippen molar-refractivity contribution in [3.8, 4) is 0 Å². The lowest BCUT2D eigenvalue weighted by atomic mass is 10.1. The van der Waals surface area contributed by atoms with Crippen molar-refractivity contribution in [1.82, 2.24) is 4.57 Å². The van der Waals surface area contributed by atoms with E-state index in [1.54, 1.807) is 16.7 Å². The van der Waals surface area contributed by atoms with Gasteiger partial charge in [-0.25, -0.2) is 0 Å². The molecule has 0 bridgehead atoms. The lowest BCUT2D eigenvalue weighted by molar-refractivity contribution is 0.102. The van der Waals surface area contributed by atoms with Crippen molar-refractivity contribution in [2.24, 2.45) is 0 Å². The molecule has 0 atom stereocenters. The number of thiazole rings is 1. The summed E-state index contributed by atoms with van der Waals surface area (Å²) in [4.78, 5) is 24.1. The van der Waals surface area contributed by atoms with Crippen LogP contribution in [0.1, 0.15) is 22.8 Å². The van der Waals surface area contributed by atoms with Crippen molar-refractivity contribution in [2.45, 2.75) is 20.4 Å². The van der Waals surface area contributed by atoms with E-state index in [4.69, 9.17) is 0 Å². The van der Waals surface area contributed by atoms with Crippen LogP contribution >= 0.6 is 11.3 Å². The topological polar surface area (TPSA) is 51.1 Å². The van der Waals surface area contributed by atoms with Gasteiger partial charge in [-0.15, -0.1) is 0 Å². The third-order valence-corrected chi connectivity index (χ3v) is 4.50. The highest BCUT2D eigenvalue weighted by atomic mass is 32.1. The predicted molar refractivity (Wildman–Crippen MR) is 90.9 cm³/mol. The number of benzene rings is 2. The van der Waals surface area contributed by atoms with Crippen molar-refractivity contribution in [3.05, 3.63) is 63.3 Å². The van der Waals surface area contributed by atoms with Crippen molar-refractivity contribution < 1.29 is 4.79 Å². The lowest BCUT2D eigenvalue weighted by Crippen LogP contribution is -2.12. The minimum atomic E-state index is -0.151. The van der Waals surface area contributed by atoms with E-state index >= 15 is 0 Å². The van der Waals surface area contributed by atoms with Crippen molar-refractivity contribution in [2.75, 3.05) is 5.32 Å². The summed E-state index contributed by atoms with van der Waals surface area (Å²) in [7, 11) is 0. The molecule has 0 saturated heterocycles. The van der Waals surface area contributed by atoms with E-state index in [9.17, 15) is 9.59 Å². The maximum Gasteiger partial charge on any atom is 0.308 e. The maximum absolute atomic E-state index is 12.2. The Bertz CT molecular complexity index is 891. The van der Waals surface area contributed by atoms with Crippen LogP contribution in [-0.4, -0.2) is 10.5 Å². The summed E-state index contributed by atoms with van der Waals surface area (Å²) in [5.74, 6) is -0.151. The summed E-state index contributed by atoms with van der Waals surface area (Å²) in [5, 5.41) is 2.87. The highest BCUT2D eigenvalue weighted by molar-refractivity contribution is 7.16. The molecule has 0 spiro atoms. The number of amides is 1. The molecule has 0 fully saturated rings. The van der Waals surface area contributed by atoms with Gasteiger partial charge < -0.3 is 5.32 Å². The molecule has 1 aromatic heterocycles. The van der Waals surface area contributed by atoms with Crippen LogP contribution in [0.5, 0.6) is 0 Å². The Hall–Kier alpha value is -2.40. The van der Waals surface area contributed by atoms with Crippen LogP contribution in [-0.2, 0) is 6.54 Å². The first-order chi connectivity index (χ1) is 10.6. The highest BCUT2D eigenvalue weighted by Gasteiger charge is 2.09. The molecule has 112 valence electrons. The zero-order valence-corrected chi connectivity index (χ0v) is 13.2. The zero-order chi connectivity index (χ0) is 15.7. The Balaban J connectivity index is 1.89. The standard InChI is InChI=1S/C17H16N2O2S/c1-3-19-14-9-8-13(10-15(14)22-17(19)21)18-16(20)12-6-4-11(2)5-7-12/h4-10H,3H2,1-2H3,(H,18,20). The fraction of sp³-hybridized carbons (Fsp3) is 0.176. The number of nitrogens with zero attached hydrogens (tertiary/aromatic N) is 1. The van der Waals surface area contributed by atoms with Crippen molar-refractivity contribution in [1.29, 1.82) is 0 Å². The van der Waals surface area contributed by atoms with Crippen molar-refractivity contribution in [3.63, 3.8) is 0 Å². The first-order valence-electron chi connectivity index (χ1n) is 7.10. The molecule has 0 aliphatic heterocycles. The van der Waals surface area contributed by atoms with E-state index in [0.717, 1.165) is 15.8 Å². The van der Waals surface area contributed by atoms with E-state index in [-0.39, 0.29) is 10.8 Å². The fourth-order valence-corrected chi connectivity index (χ4v) is 3.35. The van der Waals surface area contributed by atoms with Crippen LogP contribution in [0.4, 0.5) is 5.69 Å². The van der Waals surface area contributed by atoms with Gasteiger partial charge in [0.05, 0.1) is 10.2 Å². The number of carbonyl (C=O) groups excluding carboxylic acids is 1. The molecule has 3 aromatic rings. The molecule has 0 aliphatic rings. The summed E-state index contributed by atoms with van der Waals surface area (Å²) in [6.45, 7) is 4.57. The Morgan fingerprint density at radius 3 is 2.59 bits per heavy atom. The zero-order valence-electron chi connectivity index (χ0n) is 12.4. The number of fused-ring (bicyclic) bond motifs is 1. The second-order valence-electron chi connectivity index (χ2n) is 5.11. The monoisotopic (exact) mass is 312 g/mol. The number of aryl methyl sites for hydroxylation is 2. The second-order valence-corrected chi connectivity index (χ2v) is 6.11. The van der Waals surface area contributed by atoms with Gasteiger partial charge in [-0.3, -0.25) is 14.2 Å². The van der Waals surface area contributed by atoms with Crippen LogP contribution in [0.2, 0.25) is 0 Å². The first kappa shape index (κ1) is 14.5. The van der Waals surface area contributed by atoms with E-state index in [0.29, 0.717) is 17.8 Å². The number of hydrogen-bond donors (Lipinski definition) is 1. The van der Waals surface area contributed by atoms with Gasteiger partial charge in [-0.2, -0.15) is 0 Å². The smallest absolute Gasteiger partial charge is 0.308 e. The summed E-state index contributed by atoms with van der Waals surface area (Å²) < 4.78 is 2.61. The van der Waals surface area contributed by atoms with Crippen molar-refractivity contribution >= 4 is 33.1 Å². The average molecular weight is 312 g/mol. The molecular weight excluding hydrogens is 296 g/mol. The molecule has 0 radical (unpaired) electrons. The minimum absolute atomic E-state index is 0.0273. The lowest BCUT2D eigenvalue weighted by Gasteiger charge is -2.06. The molecule has 1 amide bonds. The van der Waals surface area contributed by atoms with Gasteiger partial charge in [0.15, 0.2) is 0 Å². The molecular formula is C17H16N2O2S. The Kier molecular flexibility index (Phi) is 3.81. The van der Waals surface area contributed by atoms with Crippen LogP contribution in [0.15, 0.2) is 47.3 Å². The van der Waals surface area contributed by atoms with E-state index < -0.39 is 0 Å². The van der Waals surface area contributed by atoms with Crippen LogP contribution in [0, 0.1) is 6.92 Å².